The molecule has 2 aromatic rings. The summed E-state index contributed by atoms with van der Waals surface area (Å²) in [6, 6.07) is 13.8. The Labute approximate surface area is 149 Å². The molecule has 1 fully saturated rings. The zero-order valence-electron chi connectivity index (χ0n) is 14.0. The summed E-state index contributed by atoms with van der Waals surface area (Å²) in [6.07, 6.45) is 0. The molecule has 6 nitrogen and oxygen atoms in total. The van der Waals surface area contributed by atoms with Crippen molar-refractivity contribution >= 4 is 11.9 Å². The summed E-state index contributed by atoms with van der Waals surface area (Å²) in [4.78, 5) is 26.0. The predicted molar refractivity (Wildman–Crippen MR) is 90.6 cm³/mol. The molecule has 1 atom stereocenters. The molecule has 0 bridgehead atoms. The fraction of sp³-hybridized carbons (Fsp3) is 0.211. The third-order valence-corrected chi connectivity index (χ3v) is 4.28. The molecular formula is C19H16FN3O3. The number of ether oxygens (including phenoxy) is 1. The molecule has 0 aromatic heterocycles. The molecule has 2 aromatic carbocycles. The number of nitriles is 1. The van der Waals surface area contributed by atoms with Crippen LogP contribution in [0.25, 0.3) is 0 Å². The predicted octanol–water partition coefficient (Wildman–Crippen LogP) is 2.54. The molecule has 0 spiro atoms. The van der Waals surface area contributed by atoms with Gasteiger partial charge >= 0.3 is 6.03 Å². The molecule has 132 valence electrons. The van der Waals surface area contributed by atoms with Gasteiger partial charge in [-0.2, -0.15) is 5.26 Å². The van der Waals surface area contributed by atoms with E-state index in [1.165, 1.54) is 12.1 Å². The molecule has 3 rings (SSSR count). The Kier molecular flexibility index (Phi) is 4.59. The number of hydrogen-bond acceptors (Lipinski definition) is 4. The van der Waals surface area contributed by atoms with Crippen LogP contribution in [-0.4, -0.2) is 30.0 Å². The number of halogens is 1. The minimum Gasteiger partial charge on any atom is -0.489 e. The lowest BCUT2D eigenvalue weighted by molar-refractivity contribution is -0.131. The Morgan fingerprint density at radius 1 is 1.19 bits per heavy atom. The normalized spacial score (nSPS) is 19.2. The molecule has 1 aliphatic rings. The highest BCUT2D eigenvalue weighted by Gasteiger charge is 2.48. The first kappa shape index (κ1) is 17.4. The van der Waals surface area contributed by atoms with Gasteiger partial charge in [-0.3, -0.25) is 9.69 Å². The fourth-order valence-corrected chi connectivity index (χ4v) is 2.78. The van der Waals surface area contributed by atoms with E-state index in [1.54, 1.807) is 43.3 Å². The quantitative estimate of drug-likeness (QED) is 0.838. The van der Waals surface area contributed by atoms with E-state index in [0.29, 0.717) is 11.1 Å². The van der Waals surface area contributed by atoms with Crippen LogP contribution in [0, 0.1) is 17.1 Å². The Hall–Kier alpha value is -3.40. The lowest BCUT2D eigenvalue weighted by atomic mass is 9.91. The summed E-state index contributed by atoms with van der Waals surface area (Å²) in [7, 11) is 0. The van der Waals surface area contributed by atoms with Gasteiger partial charge in [0, 0.05) is 0 Å². The topological polar surface area (TPSA) is 82.4 Å². The fourth-order valence-electron chi connectivity index (χ4n) is 2.78. The molecular weight excluding hydrogens is 337 g/mol. The van der Waals surface area contributed by atoms with E-state index in [9.17, 15) is 14.0 Å². The van der Waals surface area contributed by atoms with Crippen molar-refractivity contribution in [3.8, 4) is 11.8 Å². The van der Waals surface area contributed by atoms with Crippen molar-refractivity contribution in [2.45, 2.75) is 12.5 Å². The van der Waals surface area contributed by atoms with E-state index < -0.39 is 23.3 Å². The van der Waals surface area contributed by atoms with Crippen LogP contribution in [0.4, 0.5) is 9.18 Å². The largest absolute Gasteiger partial charge is 0.489 e. The summed E-state index contributed by atoms with van der Waals surface area (Å²) in [5.41, 5.74) is -0.181. The van der Waals surface area contributed by atoms with Crippen LogP contribution in [0.2, 0.25) is 0 Å². The molecule has 0 aliphatic carbocycles. The summed E-state index contributed by atoms with van der Waals surface area (Å²) >= 11 is 0. The SMILES string of the molecule is CC1(c2ccc(C#N)cc2)NC(=O)N(CCOc2ccccc2F)C1=O. The first-order valence-corrected chi connectivity index (χ1v) is 7.98. The van der Waals surface area contributed by atoms with Gasteiger partial charge in [-0.1, -0.05) is 24.3 Å². The highest BCUT2D eigenvalue weighted by molar-refractivity contribution is 6.07. The van der Waals surface area contributed by atoms with Crippen LogP contribution in [0.1, 0.15) is 18.1 Å². The molecule has 7 heteroatoms. The van der Waals surface area contributed by atoms with Gasteiger partial charge in [0.25, 0.3) is 5.91 Å². The van der Waals surface area contributed by atoms with Crippen molar-refractivity contribution in [2.24, 2.45) is 0 Å². The number of carbonyl (C=O) groups is 2. The number of carbonyl (C=O) groups excluding carboxylic acids is 2. The van der Waals surface area contributed by atoms with Gasteiger partial charge in [0.1, 0.15) is 12.1 Å². The Morgan fingerprint density at radius 3 is 2.54 bits per heavy atom. The third kappa shape index (κ3) is 3.09. The van der Waals surface area contributed by atoms with Gasteiger partial charge in [-0.15, -0.1) is 0 Å². The smallest absolute Gasteiger partial charge is 0.325 e. The zero-order valence-corrected chi connectivity index (χ0v) is 14.0. The second-order valence-corrected chi connectivity index (χ2v) is 5.98. The van der Waals surface area contributed by atoms with E-state index in [1.807, 2.05) is 6.07 Å². The maximum atomic E-state index is 13.5. The van der Waals surface area contributed by atoms with Crippen LogP contribution < -0.4 is 10.1 Å². The number of nitrogens with one attached hydrogen (secondary N) is 1. The molecule has 1 saturated heterocycles. The molecule has 0 radical (unpaired) electrons. The Morgan fingerprint density at radius 2 is 1.88 bits per heavy atom. The highest BCUT2D eigenvalue weighted by Crippen LogP contribution is 2.29. The number of benzene rings is 2. The molecule has 1 unspecified atom stereocenters. The minimum atomic E-state index is -1.22. The molecule has 1 N–H and O–H groups in total. The molecule has 26 heavy (non-hydrogen) atoms. The van der Waals surface area contributed by atoms with Gasteiger partial charge in [0.15, 0.2) is 11.6 Å². The van der Waals surface area contributed by atoms with Crippen LogP contribution >= 0.6 is 0 Å². The second-order valence-electron chi connectivity index (χ2n) is 5.98. The maximum absolute atomic E-state index is 13.5. The molecule has 1 aliphatic heterocycles. The molecule has 3 amide bonds. The maximum Gasteiger partial charge on any atom is 0.325 e. The average Bonchev–Trinajstić information content (AvgIpc) is 2.87. The van der Waals surface area contributed by atoms with E-state index in [-0.39, 0.29) is 18.9 Å². The minimum absolute atomic E-state index is 0.00906. The van der Waals surface area contributed by atoms with Crippen LogP contribution in [0.5, 0.6) is 5.75 Å². The van der Waals surface area contributed by atoms with Crippen molar-refractivity contribution in [2.75, 3.05) is 13.2 Å². The van der Waals surface area contributed by atoms with Gasteiger partial charge in [0.05, 0.1) is 18.2 Å². The highest BCUT2D eigenvalue weighted by atomic mass is 19.1. The van der Waals surface area contributed by atoms with Crippen molar-refractivity contribution in [1.29, 1.82) is 5.26 Å². The Bertz CT molecular complexity index is 892. The summed E-state index contributed by atoms with van der Waals surface area (Å²) in [5, 5.41) is 11.5. The number of amides is 3. The van der Waals surface area contributed by atoms with Crippen molar-refractivity contribution in [3.05, 3.63) is 65.5 Å². The van der Waals surface area contributed by atoms with Gasteiger partial charge in [0.2, 0.25) is 0 Å². The second kappa shape index (κ2) is 6.84. The van der Waals surface area contributed by atoms with Crippen LogP contribution in [-0.2, 0) is 10.3 Å². The number of hydrogen-bond donors (Lipinski definition) is 1. The number of nitrogens with zero attached hydrogens (tertiary/aromatic N) is 2. The van der Waals surface area contributed by atoms with E-state index in [4.69, 9.17) is 10.00 Å². The summed E-state index contributed by atoms with van der Waals surface area (Å²) in [6.45, 7) is 1.57. The lowest BCUT2D eigenvalue weighted by Crippen LogP contribution is -2.41. The van der Waals surface area contributed by atoms with Crippen LogP contribution in [0.3, 0.4) is 0 Å². The molecule has 0 saturated carbocycles. The van der Waals surface area contributed by atoms with Crippen molar-refractivity contribution < 1.29 is 18.7 Å². The van der Waals surface area contributed by atoms with E-state index in [2.05, 4.69) is 5.32 Å². The number of para-hydroxylation sites is 1. The Balaban J connectivity index is 1.70. The monoisotopic (exact) mass is 353 g/mol. The number of imide groups is 1. The van der Waals surface area contributed by atoms with Gasteiger partial charge in [-0.05, 0) is 36.8 Å². The van der Waals surface area contributed by atoms with Gasteiger partial charge < -0.3 is 10.1 Å². The van der Waals surface area contributed by atoms with Gasteiger partial charge in [-0.25, -0.2) is 9.18 Å². The summed E-state index contributed by atoms with van der Waals surface area (Å²) < 4.78 is 18.9. The van der Waals surface area contributed by atoms with E-state index in [0.717, 1.165) is 4.90 Å². The molecule has 1 heterocycles. The number of rotatable bonds is 5. The van der Waals surface area contributed by atoms with Crippen molar-refractivity contribution in [3.63, 3.8) is 0 Å². The van der Waals surface area contributed by atoms with E-state index >= 15 is 0 Å². The average molecular weight is 353 g/mol. The van der Waals surface area contributed by atoms with Crippen LogP contribution in [0.15, 0.2) is 48.5 Å². The lowest BCUT2D eigenvalue weighted by Gasteiger charge is -2.22. The summed E-state index contributed by atoms with van der Waals surface area (Å²) in [5.74, 6) is -0.870. The number of urea groups is 1. The first-order valence-electron chi connectivity index (χ1n) is 7.98. The standard InChI is InChI=1S/C19H16FN3O3/c1-19(14-8-6-13(12-21)7-9-14)17(24)23(18(25)22-19)10-11-26-16-5-3-2-4-15(16)20/h2-9H,10-11H2,1H3,(H,22,25). The third-order valence-electron chi connectivity index (χ3n) is 4.28. The first-order chi connectivity index (χ1) is 12.5. The zero-order chi connectivity index (χ0) is 18.7. The van der Waals surface area contributed by atoms with Crippen molar-refractivity contribution in [1.82, 2.24) is 10.2 Å².